The number of hydrogen-bond acceptors (Lipinski definition) is 3. The Labute approximate surface area is 71.9 Å². The maximum atomic E-state index is 8.42. The molecule has 0 saturated carbocycles. The van der Waals surface area contributed by atoms with Gasteiger partial charge in [0.1, 0.15) is 5.40 Å². The highest BCUT2D eigenvalue weighted by Crippen LogP contribution is 2.23. The van der Waals surface area contributed by atoms with Crippen molar-refractivity contribution in [3.63, 3.8) is 0 Å². The summed E-state index contributed by atoms with van der Waals surface area (Å²) in [6.45, 7) is 2.94. The van der Waals surface area contributed by atoms with Gasteiger partial charge in [-0.3, -0.25) is 0 Å². The minimum Gasteiger partial charge on any atom is -0.377 e. The van der Waals surface area contributed by atoms with Gasteiger partial charge >= 0.3 is 0 Å². The summed E-state index contributed by atoms with van der Waals surface area (Å²) in [6.07, 6.45) is 3.87. The van der Waals surface area contributed by atoms with Crippen molar-refractivity contribution in [2.45, 2.75) is 37.5 Å². The Hall–Kier alpha value is -0.200. The van der Waals surface area contributed by atoms with Crippen molar-refractivity contribution in [2.75, 3.05) is 6.61 Å². The average Bonchev–Trinajstić information content (AvgIpc) is 2.07. The lowest BCUT2D eigenvalue weighted by atomic mass is 10.1. The van der Waals surface area contributed by atoms with E-state index in [1.807, 2.05) is 0 Å². The van der Waals surface area contributed by atoms with E-state index < -0.39 is 0 Å². The number of ether oxygens (including phenoxy) is 1. The Morgan fingerprint density at radius 3 is 3.00 bits per heavy atom. The third-order valence-corrected chi connectivity index (χ3v) is 2.76. The molecule has 0 amide bonds. The highest BCUT2D eigenvalue weighted by molar-refractivity contribution is 8.04. The van der Waals surface area contributed by atoms with Crippen LogP contribution < -0.4 is 0 Å². The van der Waals surface area contributed by atoms with Crippen LogP contribution >= 0.6 is 11.8 Å². The van der Waals surface area contributed by atoms with E-state index in [1.54, 1.807) is 0 Å². The summed E-state index contributed by atoms with van der Waals surface area (Å²) in [5.74, 6) is 0. The highest BCUT2D eigenvalue weighted by atomic mass is 32.2. The van der Waals surface area contributed by atoms with Crippen LogP contribution in [0.15, 0.2) is 0 Å². The van der Waals surface area contributed by atoms with Gasteiger partial charge in [0.2, 0.25) is 0 Å². The molecule has 2 nitrogen and oxygen atoms in total. The minimum atomic E-state index is 0.313. The zero-order valence-corrected chi connectivity index (χ0v) is 7.56. The molecule has 0 aromatic heterocycles. The minimum absolute atomic E-state index is 0.313. The maximum absolute atomic E-state index is 8.42. The Balaban J connectivity index is 2.27. The fraction of sp³-hybridized carbons (Fsp3) is 0.875. The fourth-order valence-corrected chi connectivity index (χ4v) is 1.83. The first kappa shape index (κ1) is 8.89. The standard InChI is InChI=1S/C8H13NOS/c1-7(11-6-9)8-4-2-3-5-10-8/h7-8H,2-5H2,1H3/t7-,8+/m0/s1. The Morgan fingerprint density at radius 2 is 2.45 bits per heavy atom. The van der Waals surface area contributed by atoms with Gasteiger partial charge in [-0.05, 0) is 37.9 Å². The molecule has 2 atom stereocenters. The van der Waals surface area contributed by atoms with Crippen molar-refractivity contribution in [3.8, 4) is 5.40 Å². The first-order valence-electron chi connectivity index (χ1n) is 4.01. The molecule has 1 saturated heterocycles. The van der Waals surface area contributed by atoms with Crippen LogP contribution in [0.3, 0.4) is 0 Å². The number of thiocyanates is 1. The van der Waals surface area contributed by atoms with Crippen molar-refractivity contribution in [1.29, 1.82) is 5.26 Å². The molecule has 1 fully saturated rings. The third-order valence-electron chi connectivity index (χ3n) is 1.98. The van der Waals surface area contributed by atoms with Crippen LogP contribution in [0.25, 0.3) is 0 Å². The Morgan fingerprint density at radius 1 is 1.64 bits per heavy atom. The van der Waals surface area contributed by atoms with Gasteiger partial charge < -0.3 is 4.74 Å². The van der Waals surface area contributed by atoms with E-state index in [-0.39, 0.29) is 0 Å². The van der Waals surface area contributed by atoms with Crippen molar-refractivity contribution < 1.29 is 4.74 Å². The topological polar surface area (TPSA) is 33.0 Å². The van der Waals surface area contributed by atoms with Gasteiger partial charge in [-0.15, -0.1) is 0 Å². The van der Waals surface area contributed by atoms with E-state index in [1.165, 1.54) is 24.6 Å². The van der Waals surface area contributed by atoms with Gasteiger partial charge in [-0.2, -0.15) is 5.26 Å². The van der Waals surface area contributed by atoms with Gasteiger partial charge in [0, 0.05) is 11.9 Å². The molecule has 0 unspecified atom stereocenters. The average molecular weight is 171 g/mol. The van der Waals surface area contributed by atoms with Crippen LogP contribution in [0.1, 0.15) is 26.2 Å². The van der Waals surface area contributed by atoms with Crippen LogP contribution in [0, 0.1) is 10.7 Å². The van der Waals surface area contributed by atoms with Gasteiger partial charge in [-0.25, -0.2) is 0 Å². The fourth-order valence-electron chi connectivity index (χ4n) is 1.29. The van der Waals surface area contributed by atoms with Crippen LogP contribution in [0.5, 0.6) is 0 Å². The summed E-state index contributed by atoms with van der Waals surface area (Å²) in [4.78, 5) is 0. The third kappa shape index (κ3) is 2.72. The number of hydrogen-bond donors (Lipinski definition) is 0. The zero-order valence-electron chi connectivity index (χ0n) is 6.75. The highest BCUT2D eigenvalue weighted by Gasteiger charge is 2.20. The summed E-state index contributed by atoms with van der Waals surface area (Å²) in [5, 5.41) is 10.9. The van der Waals surface area contributed by atoms with Crippen molar-refractivity contribution >= 4 is 11.8 Å². The molecule has 3 heteroatoms. The van der Waals surface area contributed by atoms with E-state index in [2.05, 4.69) is 12.3 Å². The lowest BCUT2D eigenvalue weighted by molar-refractivity contribution is 0.0179. The molecule has 1 aliphatic heterocycles. The lowest BCUT2D eigenvalue weighted by Gasteiger charge is -2.25. The Bertz CT molecular complexity index is 149. The molecule has 11 heavy (non-hydrogen) atoms. The molecular weight excluding hydrogens is 158 g/mol. The van der Waals surface area contributed by atoms with Crippen molar-refractivity contribution in [1.82, 2.24) is 0 Å². The van der Waals surface area contributed by atoms with Crippen molar-refractivity contribution in [2.24, 2.45) is 0 Å². The molecule has 0 bridgehead atoms. The van der Waals surface area contributed by atoms with Gasteiger partial charge in [-0.1, -0.05) is 0 Å². The van der Waals surface area contributed by atoms with Gasteiger partial charge in [0.05, 0.1) is 6.10 Å². The lowest BCUT2D eigenvalue weighted by Crippen LogP contribution is -2.27. The van der Waals surface area contributed by atoms with Crippen LogP contribution in [0.2, 0.25) is 0 Å². The van der Waals surface area contributed by atoms with E-state index in [9.17, 15) is 0 Å². The first-order valence-corrected chi connectivity index (χ1v) is 4.89. The van der Waals surface area contributed by atoms with E-state index in [0.29, 0.717) is 11.4 Å². The van der Waals surface area contributed by atoms with Crippen LogP contribution in [-0.4, -0.2) is 18.0 Å². The quantitative estimate of drug-likeness (QED) is 0.597. The number of nitriles is 1. The normalized spacial score (nSPS) is 27.5. The summed E-state index contributed by atoms with van der Waals surface area (Å²) in [5.41, 5.74) is 0. The maximum Gasteiger partial charge on any atom is 0.133 e. The molecule has 62 valence electrons. The summed E-state index contributed by atoms with van der Waals surface area (Å²) in [7, 11) is 0. The number of nitrogens with zero attached hydrogens (tertiary/aromatic N) is 1. The van der Waals surface area contributed by atoms with E-state index in [4.69, 9.17) is 10.00 Å². The molecule has 1 rings (SSSR count). The smallest absolute Gasteiger partial charge is 0.133 e. The molecular formula is C8H13NOS. The molecule has 0 spiro atoms. The largest absolute Gasteiger partial charge is 0.377 e. The van der Waals surface area contributed by atoms with E-state index >= 15 is 0 Å². The second-order valence-corrected chi connectivity index (χ2v) is 3.98. The second-order valence-electron chi connectivity index (χ2n) is 2.82. The predicted molar refractivity (Wildman–Crippen MR) is 46.3 cm³/mol. The van der Waals surface area contributed by atoms with Crippen LogP contribution in [-0.2, 0) is 4.74 Å². The molecule has 0 aromatic carbocycles. The monoisotopic (exact) mass is 171 g/mol. The SMILES string of the molecule is C[C@H](SC#N)[C@H]1CCCCO1. The number of rotatable bonds is 2. The van der Waals surface area contributed by atoms with Gasteiger partial charge in [0.15, 0.2) is 0 Å². The predicted octanol–water partition coefficient (Wildman–Crippen LogP) is 2.16. The second kappa shape index (κ2) is 4.63. The Kier molecular flexibility index (Phi) is 3.74. The first-order chi connectivity index (χ1) is 5.34. The molecule has 0 N–H and O–H groups in total. The van der Waals surface area contributed by atoms with E-state index in [0.717, 1.165) is 13.0 Å². The van der Waals surface area contributed by atoms with Crippen LogP contribution in [0.4, 0.5) is 0 Å². The molecule has 1 heterocycles. The summed E-state index contributed by atoms with van der Waals surface area (Å²) in [6, 6.07) is 0. The molecule has 0 radical (unpaired) electrons. The molecule has 0 aliphatic carbocycles. The summed E-state index contributed by atoms with van der Waals surface area (Å²) >= 11 is 1.32. The van der Waals surface area contributed by atoms with Gasteiger partial charge in [0.25, 0.3) is 0 Å². The molecule has 1 aliphatic rings. The summed E-state index contributed by atoms with van der Waals surface area (Å²) < 4.78 is 5.52. The molecule has 0 aromatic rings. The van der Waals surface area contributed by atoms with Crippen molar-refractivity contribution in [3.05, 3.63) is 0 Å². The zero-order chi connectivity index (χ0) is 8.10. The number of thioether (sulfide) groups is 1.